The number of likely N-dealkylation sites (tertiary alicyclic amines) is 1. The second-order valence-corrected chi connectivity index (χ2v) is 9.96. The van der Waals surface area contributed by atoms with Crippen LogP contribution in [0.1, 0.15) is 49.4 Å². The van der Waals surface area contributed by atoms with Gasteiger partial charge in [-0.05, 0) is 64.0 Å². The summed E-state index contributed by atoms with van der Waals surface area (Å²) in [5, 5.41) is 11.2. The van der Waals surface area contributed by atoms with Crippen LogP contribution in [0.3, 0.4) is 0 Å². The molecule has 1 aliphatic heterocycles. The maximum atomic E-state index is 13.2. The average molecular weight is 495 g/mol. The van der Waals surface area contributed by atoms with Gasteiger partial charge in [0.05, 0.1) is 25.3 Å². The molecular formula is C29H38N2O5. The van der Waals surface area contributed by atoms with Crippen molar-refractivity contribution in [2.24, 2.45) is 5.92 Å². The normalized spacial score (nSPS) is 17.3. The van der Waals surface area contributed by atoms with Crippen molar-refractivity contribution < 1.29 is 24.2 Å². The first kappa shape index (κ1) is 27.3. The lowest BCUT2D eigenvalue weighted by atomic mass is 9.94. The van der Waals surface area contributed by atoms with Gasteiger partial charge in [-0.2, -0.15) is 0 Å². The molecule has 2 aromatic carbocycles. The molecule has 0 spiro atoms. The van der Waals surface area contributed by atoms with Crippen LogP contribution in [0, 0.1) is 12.8 Å². The predicted octanol–water partition coefficient (Wildman–Crippen LogP) is 4.80. The molecule has 2 aromatic rings. The lowest BCUT2D eigenvalue weighted by molar-refractivity contribution is -0.139. The quantitative estimate of drug-likeness (QED) is 0.275. The zero-order chi connectivity index (χ0) is 26.4. The van der Waals surface area contributed by atoms with Gasteiger partial charge < -0.3 is 24.4 Å². The molecule has 0 radical (unpaired) electrons. The number of hydrogen-bond donors (Lipinski definition) is 1. The van der Waals surface area contributed by atoms with Gasteiger partial charge in [0.25, 0.3) is 11.7 Å². The summed E-state index contributed by atoms with van der Waals surface area (Å²) >= 11 is 0. The zero-order valence-corrected chi connectivity index (χ0v) is 22.2. The molecule has 3 rings (SSSR count). The molecule has 1 atom stereocenters. The number of ether oxygens (including phenoxy) is 2. The van der Waals surface area contributed by atoms with Gasteiger partial charge in [0.15, 0.2) is 11.5 Å². The molecule has 1 N–H and O–H groups in total. The van der Waals surface area contributed by atoms with Crippen molar-refractivity contribution in [2.75, 3.05) is 40.9 Å². The predicted molar refractivity (Wildman–Crippen MR) is 141 cm³/mol. The van der Waals surface area contributed by atoms with Crippen LogP contribution in [0.25, 0.3) is 5.76 Å². The Labute approximate surface area is 214 Å². The van der Waals surface area contributed by atoms with E-state index in [1.54, 1.807) is 36.3 Å². The standard InChI is InChI=1S/C29H38N2O5/c1-19(2)14-17-36-23-13-12-22(18-24(23)35-6)26-25(27(32)21-10-8-20(3)9-11-21)28(33)29(34)31(26)16-7-15-30(4)5/h8-13,18-19,26,32H,7,14-17H2,1-6H3/t26-/m1/s1. The van der Waals surface area contributed by atoms with Crippen molar-refractivity contribution in [1.82, 2.24) is 9.80 Å². The van der Waals surface area contributed by atoms with E-state index in [0.29, 0.717) is 48.1 Å². The molecule has 194 valence electrons. The van der Waals surface area contributed by atoms with Crippen LogP contribution in [-0.2, 0) is 9.59 Å². The number of rotatable bonds is 11. The van der Waals surface area contributed by atoms with Gasteiger partial charge in [-0.25, -0.2) is 0 Å². The summed E-state index contributed by atoms with van der Waals surface area (Å²) in [7, 11) is 5.49. The Hall–Kier alpha value is -3.32. The topological polar surface area (TPSA) is 79.3 Å². The maximum Gasteiger partial charge on any atom is 0.295 e. The zero-order valence-electron chi connectivity index (χ0n) is 22.2. The van der Waals surface area contributed by atoms with Gasteiger partial charge in [0, 0.05) is 12.1 Å². The Morgan fingerprint density at radius 2 is 1.78 bits per heavy atom. The Morgan fingerprint density at radius 3 is 2.39 bits per heavy atom. The fraction of sp³-hybridized carbons (Fsp3) is 0.448. The van der Waals surface area contributed by atoms with Crippen molar-refractivity contribution in [3.8, 4) is 11.5 Å². The van der Waals surface area contributed by atoms with Crippen molar-refractivity contribution in [3.63, 3.8) is 0 Å². The summed E-state index contributed by atoms with van der Waals surface area (Å²) < 4.78 is 11.5. The summed E-state index contributed by atoms with van der Waals surface area (Å²) in [6.07, 6.45) is 1.60. The number of ketones is 1. The molecule has 1 heterocycles. The molecule has 0 aromatic heterocycles. The summed E-state index contributed by atoms with van der Waals surface area (Å²) in [6.45, 7) is 7.93. The van der Waals surface area contributed by atoms with E-state index in [4.69, 9.17) is 9.47 Å². The molecular weight excluding hydrogens is 456 g/mol. The molecule has 0 unspecified atom stereocenters. The number of carbonyl (C=O) groups excluding carboxylic acids is 2. The van der Waals surface area contributed by atoms with E-state index in [1.807, 2.05) is 44.1 Å². The number of nitrogens with zero attached hydrogens (tertiary/aromatic N) is 2. The van der Waals surface area contributed by atoms with E-state index in [1.165, 1.54) is 0 Å². The Balaban J connectivity index is 2.06. The molecule has 7 nitrogen and oxygen atoms in total. The number of benzene rings is 2. The Morgan fingerprint density at radius 1 is 1.08 bits per heavy atom. The monoisotopic (exact) mass is 494 g/mol. The summed E-state index contributed by atoms with van der Waals surface area (Å²) in [4.78, 5) is 30.0. The minimum absolute atomic E-state index is 0.0873. The molecule has 1 fully saturated rings. The van der Waals surface area contributed by atoms with Crippen LogP contribution in [0.2, 0.25) is 0 Å². The summed E-state index contributed by atoms with van der Waals surface area (Å²) in [5.41, 5.74) is 2.30. The lowest BCUT2D eigenvalue weighted by Crippen LogP contribution is -2.32. The van der Waals surface area contributed by atoms with Crippen molar-refractivity contribution >= 4 is 17.4 Å². The van der Waals surface area contributed by atoms with E-state index >= 15 is 0 Å². The van der Waals surface area contributed by atoms with Gasteiger partial charge in [-0.15, -0.1) is 0 Å². The van der Waals surface area contributed by atoms with Crippen LogP contribution in [-0.4, -0.2) is 67.5 Å². The number of Topliss-reactive ketones (excluding diaryl/α,β-unsaturated/α-hetero) is 1. The van der Waals surface area contributed by atoms with Gasteiger partial charge in [-0.1, -0.05) is 49.7 Å². The molecule has 1 amide bonds. The highest BCUT2D eigenvalue weighted by Gasteiger charge is 2.46. The first-order chi connectivity index (χ1) is 17.1. The minimum Gasteiger partial charge on any atom is -0.507 e. The highest BCUT2D eigenvalue weighted by atomic mass is 16.5. The number of amides is 1. The number of carbonyl (C=O) groups is 2. The van der Waals surface area contributed by atoms with Crippen molar-refractivity contribution in [2.45, 2.75) is 39.7 Å². The summed E-state index contributed by atoms with van der Waals surface area (Å²) in [6, 6.07) is 12.0. The van der Waals surface area contributed by atoms with Gasteiger partial charge in [0.2, 0.25) is 0 Å². The van der Waals surface area contributed by atoms with Gasteiger partial charge in [-0.3, -0.25) is 9.59 Å². The number of methoxy groups -OCH3 is 1. The lowest BCUT2D eigenvalue weighted by Gasteiger charge is -2.26. The highest BCUT2D eigenvalue weighted by Crippen LogP contribution is 2.42. The smallest absolute Gasteiger partial charge is 0.295 e. The first-order valence-electron chi connectivity index (χ1n) is 12.4. The molecule has 36 heavy (non-hydrogen) atoms. The van der Waals surface area contributed by atoms with Gasteiger partial charge >= 0.3 is 0 Å². The largest absolute Gasteiger partial charge is 0.507 e. The SMILES string of the molecule is COc1cc([C@@H]2C(=C(O)c3ccc(C)cc3)C(=O)C(=O)N2CCCN(C)C)ccc1OCCC(C)C. The van der Waals surface area contributed by atoms with E-state index in [0.717, 1.165) is 18.5 Å². The molecule has 1 aliphatic rings. The van der Waals surface area contributed by atoms with Crippen molar-refractivity contribution in [3.05, 3.63) is 64.7 Å². The molecule has 7 heteroatoms. The van der Waals surface area contributed by atoms with Crippen LogP contribution in [0.5, 0.6) is 11.5 Å². The van der Waals surface area contributed by atoms with Gasteiger partial charge in [0.1, 0.15) is 5.76 Å². The second kappa shape index (κ2) is 12.1. The number of aliphatic hydroxyl groups is 1. The second-order valence-electron chi connectivity index (χ2n) is 9.96. The maximum absolute atomic E-state index is 13.2. The molecule has 0 bridgehead atoms. The van der Waals surface area contributed by atoms with Crippen LogP contribution in [0.4, 0.5) is 0 Å². The number of hydrogen-bond acceptors (Lipinski definition) is 6. The molecule has 1 saturated heterocycles. The number of aryl methyl sites for hydroxylation is 1. The number of aliphatic hydroxyl groups excluding tert-OH is 1. The van der Waals surface area contributed by atoms with Crippen LogP contribution in [0.15, 0.2) is 48.0 Å². The average Bonchev–Trinajstić information content (AvgIpc) is 3.09. The third kappa shape index (κ3) is 6.26. The van der Waals surface area contributed by atoms with E-state index in [2.05, 4.69) is 13.8 Å². The highest BCUT2D eigenvalue weighted by molar-refractivity contribution is 6.46. The minimum atomic E-state index is -0.730. The molecule has 0 saturated carbocycles. The van der Waals surface area contributed by atoms with Crippen molar-refractivity contribution in [1.29, 1.82) is 0 Å². The van der Waals surface area contributed by atoms with E-state index in [-0.39, 0.29) is 11.3 Å². The molecule has 0 aliphatic carbocycles. The fourth-order valence-electron chi connectivity index (χ4n) is 4.26. The first-order valence-corrected chi connectivity index (χ1v) is 12.4. The van der Waals surface area contributed by atoms with E-state index in [9.17, 15) is 14.7 Å². The van der Waals surface area contributed by atoms with Crippen LogP contribution >= 0.6 is 0 Å². The Kier molecular flexibility index (Phi) is 9.15. The van der Waals surface area contributed by atoms with Crippen LogP contribution < -0.4 is 9.47 Å². The summed E-state index contributed by atoms with van der Waals surface area (Å²) in [5.74, 6) is 0.168. The third-order valence-corrected chi connectivity index (χ3v) is 6.33. The Bertz CT molecular complexity index is 1110. The van der Waals surface area contributed by atoms with E-state index < -0.39 is 17.7 Å². The third-order valence-electron chi connectivity index (χ3n) is 6.33. The fourth-order valence-corrected chi connectivity index (χ4v) is 4.26.